The van der Waals surface area contributed by atoms with Gasteiger partial charge in [-0.05, 0) is 34.3 Å². The van der Waals surface area contributed by atoms with Crippen LogP contribution in [0.1, 0.15) is 20.4 Å². The number of thiazole rings is 1. The number of carbonyl (C=O) groups excluding carboxylic acids is 1. The summed E-state index contributed by atoms with van der Waals surface area (Å²) in [5.74, 6) is -0.121. The van der Waals surface area contributed by atoms with Crippen LogP contribution in [0.25, 0.3) is 0 Å². The number of aryl methyl sites for hydroxylation is 1. The van der Waals surface area contributed by atoms with Gasteiger partial charge in [0.2, 0.25) is 0 Å². The van der Waals surface area contributed by atoms with Gasteiger partial charge in [0.25, 0.3) is 5.91 Å². The molecule has 84 valence electrons. The molecular formula is C10H9BrN2OS2. The molecule has 16 heavy (non-hydrogen) atoms. The molecule has 0 saturated carbocycles. The lowest BCUT2D eigenvalue weighted by molar-refractivity contribution is 0.0947. The number of nitrogens with zero attached hydrogens (tertiary/aromatic N) is 1. The Morgan fingerprint density at radius 2 is 2.38 bits per heavy atom. The fourth-order valence-electron chi connectivity index (χ4n) is 1.17. The van der Waals surface area contributed by atoms with Crippen LogP contribution in [0, 0.1) is 6.92 Å². The largest absolute Gasteiger partial charge is 0.346 e. The Kier molecular flexibility index (Phi) is 3.73. The highest BCUT2D eigenvalue weighted by Gasteiger charge is 2.09. The Balaban J connectivity index is 1.96. The number of hydrogen-bond acceptors (Lipinski definition) is 4. The van der Waals surface area contributed by atoms with Crippen LogP contribution >= 0.6 is 38.6 Å². The van der Waals surface area contributed by atoms with Crippen molar-refractivity contribution in [3.05, 3.63) is 36.9 Å². The number of hydrogen-bond donors (Lipinski definition) is 1. The van der Waals surface area contributed by atoms with Crippen molar-refractivity contribution in [3.8, 4) is 0 Å². The van der Waals surface area contributed by atoms with Crippen LogP contribution in [0.15, 0.2) is 21.3 Å². The molecule has 0 aliphatic rings. The highest BCUT2D eigenvalue weighted by Crippen LogP contribution is 2.22. The molecule has 3 nitrogen and oxygen atoms in total. The molecule has 0 aromatic carbocycles. The van der Waals surface area contributed by atoms with E-state index in [1.165, 1.54) is 11.3 Å². The third-order valence-corrected chi connectivity index (χ3v) is 4.65. The van der Waals surface area contributed by atoms with E-state index in [-0.39, 0.29) is 5.91 Å². The van der Waals surface area contributed by atoms with Crippen molar-refractivity contribution in [2.45, 2.75) is 13.5 Å². The van der Waals surface area contributed by atoms with Gasteiger partial charge >= 0.3 is 0 Å². The summed E-state index contributed by atoms with van der Waals surface area (Å²) in [5, 5.41) is 7.50. The molecule has 2 aromatic rings. The third kappa shape index (κ3) is 2.69. The highest BCUT2D eigenvalue weighted by molar-refractivity contribution is 9.10. The van der Waals surface area contributed by atoms with Gasteiger partial charge in [-0.3, -0.25) is 4.79 Å². The van der Waals surface area contributed by atoms with Gasteiger partial charge in [0.05, 0.1) is 11.6 Å². The molecule has 2 aromatic heterocycles. The minimum absolute atomic E-state index is 0.121. The van der Waals surface area contributed by atoms with Gasteiger partial charge in [0.15, 0.2) is 0 Å². The number of halogens is 1. The van der Waals surface area contributed by atoms with E-state index in [9.17, 15) is 4.79 Å². The highest BCUT2D eigenvalue weighted by atomic mass is 79.9. The zero-order valence-corrected chi connectivity index (χ0v) is 11.7. The standard InChI is InChI=1S/C10H9BrN2OS2/c1-6-13-8(5-16-6)10(14)12-4-9-7(11)2-3-15-9/h2-3,5H,4H2,1H3,(H,12,14). The van der Waals surface area contributed by atoms with Crippen molar-refractivity contribution in [3.63, 3.8) is 0 Å². The van der Waals surface area contributed by atoms with E-state index in [4.69, 9.17) is 0 Å². The normalized spacial score (nSPS) is 10.4. The molecule has 0 saturated heterocycles. The summed E-state index contributed by atoms with van der Waals surface area (Å²) in [6.45, 7) is 2.42. The monoisotopic (exact) mass is 316 g/mol. The van der Waals surface area contributed by atoms with Crippen molar-refractivity contribution in [2.24, 2.45) is 0 Å². The van der Waals surface area contributed by atoms with Crippen molar-refractivity contribution in [1.82, 2.24) is 10.3 Å². The van der Waals surface area contributed by atoms with E-state index in [1.54, 1.807) is 16.7 Å². The minimum atomic E-state index is -0.121. The third-order valence-electron chi connectivity index (χ3n) is 1.95. The lowest BCUT2D eigenvalue weighted by Crippen LogP contribution is -2.22. The Morgan fingerprint density at radius 1 is 1.56 bits per heavy atom. The summed E-state index contributed by atoms with van der Waals surface area (Å²) in [5.41, 5.74) is 0.496. The summed E-state index contributed by atoms with van der Waals surface area (Å²) in [6.07, 6.45) is 0. The molecule has 0 atom stereocenters. The second-order valence-electron chi connectivity index (χ2n) is 3.13. The van der Waals surface area contributed by atoms with E-state index in [0.29, 0.717) is 12.2 Å². The van der Waals surface area contributed by atoms with Crippen molar-refractivity contribution in [2.75, 3.05) is 0 Å². The first kappa shape index (κ1) is 11.8. The van der Waals surface area contributed by atoms with Gasteiger partial charge in [-0.25, -0.2) is 4.98 Å². The zero-order valence-electron chi connectivity index (χ0n) is 8.49. The van der Waals surface area contributed by atoms with Crippen LogP contribution < -0.4 is 5.32 Å². The Bertz CT molecular complexity index is 506. The van der Waals surface area contributed by atoms with Gasteiger partial charge in [0, 0.05) is 14.7 Å². The molecule has 2 heterocycles. The molecule has 0 spiro atoms. The lowest BCUT2D eigenvalue weighted by atomic mass is 10.4. The molecular weight excluding hydrogens is 308 g/mol. The maximum atomic E-state index is 11.7. The molecule has 2 rings (SSSR count). The van der Waals surface area contributed by atoms with Crippen LogP contribution in [0.5, 0.6) is 0 Å². The van der Waals surface area contributed by atoms with Crippen LogP contribution in [0.3, 0.4) is 0 Å². The number of carbonyl (C=O) groups is 1. The Hall–Kier alpha value is -0.720. The van der Waals surface area contributed by atoms with Gasteiger partial charge in [0.1, 0.15) is 5.69 Å². The minimum Gasteiger partial charge on any atom is -0.346 e. The van der Waals surface area contributed by atoms with E-state index in [0.717, 1.165) is 14.4 Å². The number of nitrogens with one attached hydrogen (secondary N) is 1. The maximum Gasteiger partial charge on any atom is 0.271 e. The second-order valence-corrected chi connectivity index (χ2v) is 6.04. The van der Waals surface area contributed by atoms with Crippen molar-refractivity contribution < 1.29 is 4.79 Å². The van der Waals surface area contributed by atoms with Gasteiger partial charge < -0.3 is 5.32 Å². The molecule has 0 aliphatic carbocycles. The van der Waals surface area contributed by atoms with Gasteiger partial charge in [-0.15, -0.1) is 22.7 Å². The molecule has 1 N–H and O–H groups in total. The fraction of sp³-hybridized carbons (Fsp3) is 0.200. The molecule has 0 bridgehead atoms. The van der Waals surface area contributed by atoms with Crippen LogP contribution in [0.4, 0.5) is 0 Å². The van der Waals surface area contributed by atoms with Crippen LogP contribution in [-0.4, -0.2) is 10.9 Å². The fourth-order valence-corrected chi connectivity index (χ4v) is 3.20. The van der Waals surface area contributed by atoms with Crippen molar-refractivity contribution in [1.29, 1.82) is 0 Å². The van der Waals surface area contributed by atoms with Crippen LogP contribution in [-0.2, 0) is 6.54 Å². The SMILES string of the molecule is Cc1nc(C(=O)NCc2sccc2Br)cs1. The molecule has 0 radical (unpaired) electrons. The summed E-state index contributed by atoms with van der Waals surface area (Å²) < 4.78 is 1.03. The van der Waals surface area contributed by atoms with E-state index in [1.807, 2.05) is 18.4 Å². The summed E-state index contributed by atoms with van der Waals surface area (Å²) in [4.78, 5) is 16.9. The first-order chi connectivity index (χ1) is 7.66. The molecule has 0 unspecified atom stereocenters. The molecule has 0 fully saturated rings. The van der Waals surface area contributed by atoms with Gasteiger partial charge in [-0.1, -0.05) is 0 Å². The maximum absolute atomic E-state index is 11.7. The van der Waals surface area contributed by atoms with Crippen molar-refractivity contribution >= 4 is 44.5 Å². The summed E-state index contributed by atoms with van der Waals surface area (Å²) >= 11 is 6.52. The van der Waals surface area contributed by atoms with E-state index in [2.05, 4.69) is 26.2 Å². The summed E-state index contributed by atoms with van der Waals surface area (Å²) in [6, 6.07) is 1.97. The number of amides is 1. The van der Waals surface area contributed by atoms with Crippen LogP contribution in [0.2, 0.25) is 0 Å². The van der Waals surface area contributed by atoms with E-state index >= 15 is 0 Å². The Labute approximate surface area is 110 Å². The topological polar surface area (TPSA) is 42.0 Å². The summed E-state index contributed by atoms with van der Waals surface area (Å²) in [7, 11) is 0. The molecule has 0 aliphatic heterocycles. The quantitative estimate of drug-likeness (QED) is 0.944. The molecule has 6 heteroatoms. The Morgan fingerprint density at radius 3 is 2.94 bits per heavy atom. The predicted molar refractivity (Wildman–Crippen MR) is 70.0 cm³/mol. The molecule has 1 amide bonds. The first-order valence-corrected chi connectivity index (χ1v) is 7.14. The smallest absolute Gasteiger partial charge is 0.271 e. The predicted octanol–water partition coefficient (Wildman–Crippen LogP) is 3.21. The average Bonchev–Trinajstić information content (AvgIpc) is 2.84. The number of aromatic nitrogens is 1. The van der Waals surface area contributed by atoms with E-state index < -0.39 is 0 Å². The first-order valence-electron chi connectivity index (χ1n) is 4.59. The lowest BCUT2D eigenvalue weighted by Gasteiger charge is -2.01. The second kappa shape index (κ2) is 5.07. The van der Waals surface area contributed by atoms with Gasteiger partial charge in [-0.2, -0.15) is 0 Å². The zero-order chi connectivity index (χ0) is 11.5. The average molecular weight is 317 g/mol. The number of thiophene rings is 1. The number of rotatable bonds is 3.